The molecule has 1 N–H and O–H groups in total. The fourth-order valence-electron chi connectivity index (χ4n) is 4.56. The third kappa shape index (κ3) is 3.67. The second kappa shape index (κ2) is 8.46. The first-order valence-corrected chi connectivity index (χ1v) is 11.8. The van der Waals surface area contributed by atoms with Crippen LogP contribution in [0.3, 0.4) is 0 Å². The summed E-state index contributed by atoms with van der Waals surface area (Å²) in [6.07, 6.45) is 10.6. The summed E-state index contributed by atoms with van der Waals surface area (Å²) in [6, 6.07) is 7.87. The van der Waals surface area contributed by atoms with Crippen molar-refractivity contribution in [2.24, 2.45) is 0 Å². The number of aromatic amines is 1. The number of hydrogen-bond acceptors (Lipinski definition) is 6. The van der Waals surface area contributed by atoms with Crippen LogP contribution in [0.1, 0.15) is 37.6 Å². The minimum Gasteiger partial charge on any atom is -0.349 e. The van der Waals surface area contributed by atoms with Gasteiger partial charge in [-0.3, -0.25) is 19.4 Å². The Kier molecular flexibility index (Phi) is 5.13. The summed E-state index contributed by atoms with van der Waals surface area (Å²) in [6.45, 7) is 5.32. The van der Waals surface area contributed by atoms with E-state index in [1.807, 2.05) is 41.3 Å². The third-order valence-corrected chi connectivity index (χ3v) is 6.34. The molecule has 0 bridgehead atoms. The third-order valence-electron chi connectivity index (χ3n) is 6.34. The molecule has 6 heterocycles. The van der Waals surface area contributed by atoms with Crippen LogP contribution in [0, 0.1) is 6.92 Å². The van der Waals surface area contributed by atoms with E-state index in [9.17, 15) is 4.79 Å². The van der Waals surface area contributed by atoms with Crippen LogP contribution in [0.4, 0.5) is 0 Å². The van der Waals surface area contributed by atoms with Gasteiger partial charge in [-0.25, -0.2) is 4.40 Å². The molecular formula is C25H25N9O. The van der Waals surface area contributed by atoms with E-state index in [0.29, 0.717) is 23.7 Å². The number of pyridine rings is 2. The molecule has 176 valence electrons. The Morgan fingerprint density at radius 1 is 1.06 bits per heavy atom. The fourth-order valence-corrected chi connectivity index (χ4v) is 4.56. The molecule has 6 aromatic rings. The first-order valence-electron chi connectivity index (χ1n) is 11.8. The van der Waals surface area contributed by atoms with Crippen molar-refractivity contribution in [1.29, 1.82) is 0 Å². The highest BCUT2D eigenvalue weighted by Crippen LogP contribution is 2.24. The number of H-pyrrole nitrogens is 1. The van der Waals surface area contributed by atoms with E-state index >= 15 is 0 Å². The Balaban J connectivity index is 1.38. The van der Waals surface area contributed by atoms with Crippen LogP contribution < -0.4 is 5.56 Å². The smallest absolute Gasteiger partial charge is 0.284 e. The molecule has 0 spiro atoms. The molecule has 6 aromatic heterocycles. The minimum absolute atomic E-state index is 0.141. The summed E-state index contributed by atoms with van der Waals surface area (Å²) in [5, 5.41) is 13.0. The van der Waals surface area contributed by atoms with Gasteiger partial charge in [-0.1, -0.05) is 19.8 Å². The summed E-state index contributed by atoms with van der Waals surface area (Å²) in [7, 11) is 0. The number of rotatable bonds is 7. The number of aromatic nitrogens is 9. The van der Waals surface area contributed by atoms with Gasteiger partial charge < -0.3 is 9.55 Å². The Bertz CT molecular complexity index is 1740. The molecular weight excluding hydrogens is 442 g/mol. The van der Waals surface area contributed by atoms with Crippen LogP contribution in [0.2, 0.25) is 0 Å². The maximum Gasteiger partial charge on any atom is 0.284 e. The highest BCUT2D eigenvalue weighted by Gasteiger charge is 2.18. The molecule has 10 heteroatoms. The largest absolute Gasteiger partial charge is 0.349 e. The number of unbranched alkanes of at least 4 members (excludes halogenated alkanes) is 2. The first kappa shape index (κ1) is 21.2. The van der Waals surface area contributed by atoms with E-state index in [1.165, 1.54) is 0 Å². The number of fused-ring (bicyclic) bond motifs is 3. The Morgan fingerprint density at radius 3 is 2.86 bits per heavy atom. The quantitative estimate of drug-likeness (QED) is 0.358. The van der Waals surface area contributed by atoms with Gasteiger partial charge in [0.1, 0.15) is 11.3 Å². The number of nitrogens with zero attached hydrogens (tertiary/aromatic N) is 8. The minimum atomic E-state index is -0.141. The average Bonchev–Trinajstić information content (AvgIpc) is 3.60. The van der Waals surface area contributed by atoms with Gasteiger partial charge in [0.25, 0.3) is 5.56 Å². The molecule has 6 rings (SSSR count). The Morgan fingerprint density at radius 2 is 1.97 bits per heavy atom. The zero-order valence-corrected chi connectivity index (χ0v) is 19.6. The fraction of sp³-hybridized carbons (Fsp3) is 0.280. The van der Waals surface area contributed by atoms with E-state index in [-0.39, 0.29) is 5.56 Å². The van der Waals surface area contributed by atoms with Gasteiger partial charge in [0.2, 0.25) is 5.78 Å². The lowest BCUT2D eigenvalue weighted by Gasteiger charge is -2.09. The van der Waals surface area contributed by atoms with Crippen LogP contribution in [-0.4, -0.2) is 43.9 Å². The molecule has 35 heavy (non-hydrogen) atoms. The molecule has 0 saturated carbocycles. The lowest BCUT2D eigenvalue weighted by atomic mass is 10.2. The predicted molar refractivity (Wildman–Crippen MR) is 133 cm³/mol. The van der Waals surface area contributed by atoms with E-state index in [2.05, 4.69) is 41.7 Å². The highest BCUT2D eigenvalue weighted by molar-refractivity contribution is 5.83. The van der Waals surface area contributed by atoms with Crippen LogP contribution in [0.25, 0.3) is 39.1 Å². The molecule has 0 aliphatic heterocycles. The number of aryl methyl sites for hydroxylation is 2. The average molecular weight is 468 g/mol. The summed E-state index contributed by atoms with van der Waals surface area (Å²) in [4.78, 5) is 25.5. The summed E-state index contributed by atoms with van der Waals surface area (Å²) < 4.78 is 5.53. The van der Waals surface area contributed by atoms with E-state index in [0.717, 1.165) is 59.2 Å². The van der Waals surface area contributed by atoms with E-state index in [1.54, 1.807) is 23.7 Å². The van der Waals surface area contributed by atoms with Gasteiger partial charge in [0.15, 0.2) is 0 Å². The van der Waals surface area contributed by atoms with E-state index < -0.39 is 0 Å². The molecule has 0 aliphatic rings. The van der Waals surface area contributed by atoms with Crippen molar-refractivity contribution in [3.8, 4) is 11.3 Å². The van der Waals surface area contributed by atoms with Crippen molar-refractivity contribution in [3.05, 3.63) is 70.8 Å². The van der Waals surface area contributed by atoms with Crippen LogP contribution in [-0.2, 0) is 13.1 Å². The summed E-state index contributed by atoms with van der Waals surface area (Å²) in [5.41, 5.74) is 5.72. The van der Waals surface area contributed by atoms with Crippen molar-refractivity contribution >= 4 is 27.8 Å². The zero-order valence-electron chi connectivity index (χ0n) is 19.6. The number of hydrogen-bond donors (Lipinski definition) is 1. The van der Waals surface area contributed by atoms with Gasteiger partial charge in [-0.2, -0.15) is 5.10 Å². The monoisotopic (exact) mass is 467 g/mol. The molecule has 0 amide bonds. The molecule has 10 nitrogen and oxygen atoms in total. The highest BCUT2D eigenvalue weighted by atomic mass is 16.1. The Labute approximate surface area is 200 Å². The van der Waals surface area contributed by atoms with Gasteiger partial charge in [-0.15, -0.1) is 10.2 Å². The normalized spacial score (nSPS) is 11.8. The topological polar surface area (TPSA) is 112 Å². The van der Waals surface area contributed by atoms with Crippen molar-refractivity contribution in [3.63, 3.8) is 0 Å². The maximum absolute atomic E-state index is 13.3. The zero-order chi connectivity index (χ0) is 23.9. The molecule has 0 radical (unpaired) electrons. The first-order chi connectivity index (χ1) is 17.1. The summed E-state index contributed by atoms with van der Waals surface area (Å²) in [5.74, 6) is 1.16. The summed E-state index contributed by atoms with van der Waals surface area (Å²) >= 11 is 0. The molecule has 0 unspecified atom stereocenters. The molecule has 0 aromatic carbocycles. The standard InChI is InChI=1S/C25H25N9O/c1-3-4-5-9-33-22-11-20(29-23(22)24(35)34-16(2)30-31-25(33)34)18-13-28-32(15-18)14-17-10-21-19(27-12-17)7-6-8-26-21/h6-8,10-13,15,29H,3-5,9,14H2,1-2H3. The lowest BCUT2D eigenvalue weighted by molar-refractivity contribution is 0.615. The van der Waals surface area contributed by atoms with Gasteiger partial charge in [0, 0.05) is 30.7 Å². The van der Waals surface area contributed by atoms with Crippen LogP contribution >= 0.6 is 0 Å². The van der Waals surface area contributed by atoms with E-state index in [4.69, 9.17) is 0 Å². The van der Waals surface area contributed by atoms with Crippen molar-refractivity contribution in [2.45, 2.75) is 46.2 Å². The van der Waals surface area contributed by atoms with Crippen LogP contribution in [0.15, 0.2) is 53.8 Å². The SMILES string of the molecule is CCCCCn1c2cc(-c3cnn(Cc4cnc5cccnc5c4)c3)[nH]c2c(=O)n2c(C)nnc12. The van der Waals surface area contributed by atoms with Crippen molar-refractivity contribution < 1.29 is 0 Å². The second-order valence-corrected chi connectivity index (χ2v) is 8.80. The number of nitrogens with one attached hydrogen (secondary N) is 1. The predicted octanol–water partition coefficient (Wildman–Crippen LogP) is 3.73. The van der Waals surface area contributed by atoms with Crippen molar-refractivity contribution in [1.82, 2.24) is 43.9 Å². The van der Waals surface area contributed by atoms with Gasteiger partial charge in [0.05, 0.1) is 35.0 Å². The lowest BCUT2D eigenvalue weighted by Crippen LogP contribution is -2.19. The van der Waals surface area contributed by atoms with Gasteiger partial charge in [-0.05, 0) is 43.2 Å². The molecule has 0 fully saturated rings. The van der Waals surface area contributed by atoms with Gasteiger partial charge >= 0.3 is 0 Å². The second-order valence-electron chi connectivity index (χ2n) is 8.80. The van der Waals surface area contributed by atoms with Crippen molar-refractivity contribution in [2.75, 3.05) is 0 Å². The Hall–Kier alpha value is -4.34. The van der Waals surface area contributed by atoms with Crippen LogP contribution in [0.5, 0.6) is 0 Å². The molecule has 0 aliphatic carbocycles. The maximum atomic E-state index is 13.3. The molecule has 0 saturated heterocycles. The molecule has 0 atom stereocenters.